The van der Waals surface area contributed by atoms with Gasteiger partial charge in [0.1, 0.15) is 20.5 Å². The molecule has 0 spiro atoms. The minimum atomic E-state index is 0.0700. The Bertz CT molecular complexity index is 1380. The van der Waals surface area contributed by atoms with Crippen LogP contribution in [0.5, 0.6) is 11.5 Å². The highest BCUT2D eigenvalue weighted by Gasteiger charge is 2.18. The maximum atomic E-state index is 10.9. The van der Waals surface area contributed by atoms with Crippen LogP contribution >= 0.6 is 8.96 Å². The quantitative estimate of drug-likeness (QED) is 0.269. The van der Waals surface area contributed by atoms with Gasteiger partial charge in [0, 0.05) is 17.2 Å². The SMILES string of the molecule is CC(NPOc1ccc2ccccc2c1-c1c(O)ccc2ccccc12)c1ccccc1. The van der Waals surface area contributed by atoms with Gasteiger partial charge in [0.25, 0.3) is 0 Å². The Morgan fingerprint density at radius 2 is 1.28 bits per heavy atom. The van der Waals surface area contributed by atoms with Crippen molar-refractivity contribution < 1.29 is 9.63 Å². The number of aromatic hydroxyl groups is 1. The third kappa shape index (κ3) is 3.93. The van der Waals surface area contributed by atoms with Crippen LogP contribution in [0.3, 0.4) is 0 Å². The lowest BCUT2D eigenvalue weighted by atomic mass is 9.92. The van der Waals surface area contributed by atoms with Crippen LogP contribution in [-0.4, -0.2) is 5.11 Å². The summed E-state index contributed by atoms with van der Waals surface area (Å²) in [4.78, 5) is 0. The van der Waals surface area contributed by atoms with E-state index < -0.39 is 0 Å². The molecule has 0 aromatic heterocycles. The molecule has 2 N–H and O–H groups in total. The van der Waals surface area contributed by atoms with Gasteiger partial charge in [-0.25, -0.2) is 0 Å². The zero-order valence-electron chi connectivity index (χ0n) is 17.7. The first-order valence-corrected chi connectivity index (χ1v) is 11.6. The average molecular weight is 437 g/mol. The summed E-state index contributed by atoms with van der Waals surface area (Å²) < 4.78 is 6.30. The molecule has 0 bridgehead atoms. The molecule has 5 aromatic carbocycles. The minimum Gasteiger partial charge on any atom is -0.507 e. The molecule has 0 saturated carbocycles. The van der Waals surface area contributed by atoms with E-state index in [1.807, 2.05) is 60.7 Å². The molecule has 0 amide bonds. The van der Waals surface area contributed by atoms with Crippen molar-refractivity contribution in [1.29, 1.82) is 0 Å². The van der Waals surface area contributed by atoms with E-state index in [0.29, 0.717) is 0 Å². The smallest absolute Gasteiger partial charge is 0.147 e. The van der Waals surface area contributed by atoms with Gasteiger partial charge in [0.15, 0.2) is 0 Å². The van der Waals surface area contributed by atoms with Crippen molar-refractivity contribution in [1.82, 2.24) is 5.09 Å². The molecule has 3 nitrogen and oxygen atoms in total. The Kier molecular flexibility index (Phi) is 5.77. The van der Waals surface area contributed by atoms with E-state index in [1.165, 1.54) is 5.56 Å². The van der Waals surface area contributed by atoms with E-state index in [4.69, 9.17) is 4.52 Å². The van der Waals surface area contributed by atoms with E-state index in [0.717, 1.165) is 38.4 Å². The molecule has 0 saturated heterocycles. The van der Waals surface area contributed by atoms with Crippen LogP contribution in [0.15, 0.2) is 103 Å². The minimum absolute atomic E-state index is 0.0700. The Morgan fingerprint density at radius 1 is 0.688 bits per heavy atom. The summed E-state index contributed by atoms with van der Waals surface area (Å²) in [5, 5.41) is 18.7. The topological polar surface area (TPSA) is 41.5 Å². The zero-order valence-corrected chi connectivity index (χ0v) is 18.7. The predicted octanol–water partition coefficient (Wildman–Crippen LogP) is 7.60. The summed E-state index contributed by atoms with van der Waals surface area (Å²) >= 11 is 0. The fraction of sp³-hybridized carbons (Fsp3) is 0.0714. The molecule has 0 aliphatic rings. The molecule has 0 radical (unpaired) electrons. The van der Waals surface area contributed by atoms with Crippen molar-refractivity contribution in [3.8, 4) is 22.6 Å². The first-order chi connectivity index (χ1) is 15.7. The molecular weight excluding hydrogens is 413 g/mol. The largest absolute Gasteiger partial charge is 0.507 e. The summed E-state index contributed by atoms with van der Waals surface area (Å²) in [6.45, 7) is 2.13. The molecule has 158 valence electrons. The number of fused-ring (bicyclic) bond motifs is 2. The number of hydrogen-bond donors (Lipinski definition) is 2. The summed E-state index contributed by atoms with van der Waals surface area (Å²) in [6.07, 6.45) is 0. The van der Waals surface area contributed by atoms with Gasteiger partial charge in [0.05, 0.1) is 0 Å². The lowest BCUT2D eigenvalue weighted by molar-refractivity contribution is 0.478. The maximum Gasteiger partial charge on any atom is 0.147 e. The van der Waals surface area contributed by atoms with Crippen LogP contribution < -0.4 is 9.61 Å². The molecule has 0 heterocycles. The van der Waals surface area contributed by atoms with Crippen LogP contribution in [0, 0.1) is 0 Å². The summed E-state index contributed by atoms with van der Waals surface area (Å²) in [5.41, 5.74) is 2.93. The fourth-order valence-corrected chi connectivity index (χ4v) is 4.80. The van der Waals surface area contributed by atoms with Gasteiger partial charge in [-0.05, 0) is 46.2 Å². The molecular formula is C28H24NO2P. The van der Waals surface area contributed by atoms with E-state index in [9.17, 15) is 5.11 Å². The number of phenols is 1. The Hall–Kier alpha value is -3.39. The van der Waals surface area contributed by atoms with Crippen molar-refractivity contribution >= 4 is 30.5 Å². The van der Waals surface area contributed by atoms with Crippen molar-refractivity contribution in [3.63, 3.8) is 0 Å². The van der Waals surface area contributed by atoms with Crippen LogP contribution in [0.2, 0.25) is 0 Å². The highest BCUT2D eigenvalue weighted by molar-refractivity contribution is 7.30. The Balaban J connectivity index is 1.57. The lowest BCUT2D eigenvalue weighted by Crippen LogP contribution is -2.10. The molecule has 2 unspecified atom stereocenters. The van der Waals surface area contributed by atoms with Crippen LogP contribution in [0.1, 0.15) is 18.5 Å². The number of rotatable bonds is 6. The highest BCUT2D eigenvalue weighted by atomic mass is 31.1. The predicted molar refractivity (Wildman–Crippen MR) is 135 cm³/mol. The summed E-state index contributed by atoms with van der Waals surface area (Å²) in [6, 6.07) is 34.6. The highest BCUT2D eigenvalue weighted by Crippen LogP contribution is 2.46. The van der Waals surface area contributed by atoms with Crippen LogP contribution in [-0.2, 0) is 0 Å². The van der Waals surface area contributed by atoms with Crippen molar-refractivity contribution in [2.45, 2.75) is 13.0 Å². The first-order valence-electron chi connectivity index (χ1n) is 10.7. The molecule has 0 aliphatic carbocycles. The Labute approximate surface area is 189 Å². The number of nitrogens with one attached hydrogen (secondary N) is 1. The fourth-order valence-electron chi connectivity index (χ4n) is 4.12. The van der Waals surface area contributed by atoms with Crippen LogP contribution in [0.25, 0.3) is 32.7 Å². The normalized spacial score (nSPS) is 12.5. The molecule has 2 atom stereocenters. The Morgan fingerprint density at radius 3 is 2.00 bits per heavy atom. The standard InChI is InChI=1S/C28H24NO2P/c1-19(20-9-3-2-4-10-20)29-32-31-26-18-16-22-12-6-8-14-24(22)28(26)27-23-13-7-5-11-21(23)15-17-25(27)30/h2-19,29-30,32H,1H3. The van der Waals surface area contributed by atoms with Gasteiger partial charge >= 0.3 is 0 Å². The summed E-state index contributed by atoms with van der Waals surface area (Å²) in [5.74, 6) is 1.00. The molecule has 0 fully saturated rings. The van der Waals surface area contributed by atoms with Gasteiger partial charge in [-0.3, -0.25) is 5.09 Å². The zero-order chi connectivity index (χ0) is 21.9. The summed E-state index contributed by atoms with van der Waals surface area (Å²) in [7, 11) is 0.0700. The second-order valence-corrected chi connectivity index (χ2v) is 8.52. The van der Waals surface area contributed by atoms with Gasteiger partial charge in [-0.15, -0.1) is 0 Å². The maximum absolute atomic E-state index is 10.9. The third-order valence-electron chi connectivity index (χ3n) is 5.78. The third-order valence-corrected chi connectivity index (χ3v) is 6.66. The number of benzene rings is 5. The monoisotopic (exact) mass is 437 g/mol. The van der Waals surface area contributed by atoms with Crippen molar-refractivity contribution in [3.05, 3.63) is 109 Å². The molecule has 32 heavy (non-hydrogen) atoms. The first kappa shape index (κ1) is 20.5. The van der Waals surface area contributed by atoms with Gasteiger partial charge in [-0.1, -0.05) is 91.0 Å². The molecule has 0 aliphatic heterocycles. The van der Waals surface area contributed by atoms with Gasteiger partial charge in [-0.2, -0.15) is 0 Å². The molecule has 5 aromatic rings. The number of hydrogen-bond acceptors (Lipinski definition) is 3. The van der Waals surface area contributed by atoms with E-state index in [-0.39, 0.29) is 20.7 Å². The van der Waals surface area contributed by atoms with E-state index in [2.05, 4.69) is 48.4 Å². The molecule has 5 rings (SSSR count). The lowest BCUT2D eigenvalue weighted by Gasteiger charge is -2.19. The molecule has 4 heteroatoms. The number of phenolic OH excluding ortho intramolecular Hbond substituents is 1. The van der Waals surface area contributed by atoms with Crippen molar-refractivity contribution in [2.75, 3.05) is 0 Å². The second-order valence-electron chi connectivity index (χ2n) is 7.82. The van der Waals surface area contributed by atoms with Crippen molar-refractivity contribution in [2.24, 2.45) is 0 Å². The second kappa shape index (κ2) is 9.00. The van der Waals surface area contributed by atoms with E-state index in [1.54, 1.807) is 6.07 Å². The van der Waals surface area contributed by atoms with Gasteiger partial charge < -0.3 is 9.63 Å². The van der Waals surface area contributed by atoms with Gasteiger partial charge in [0.2, 0.25) is 0 Å². The van der Waals surface area contributed by atoms with E-state index >= 15 is 0 Å². The average Bonchev–Trinajstić information content (AvgIpc) is 2.85. The van der Waals surface area contributed by atoms with Crippen LogP contribution in [0.4, 0.5) is 0 Å².